The van der Waals surface area contributed by atoms with Gasteiger partial charge in [-0.2, -0.15) is 4.31 Å². The van der Waals surface area contributed by atoms with Crippen molar-refractivity contribution in [1.82, 2.24) is 9.21 Å². The largest absolute Gasteiger partial charge is 0.493 e. The van der Waals surface area contributed by atoms with E-state index in [1.54, 1.807) is 12.1 Å². The van der Waals surface area contributed by atoms with E-state index >= 15 is 0 Å². The summed E-state index contributed by atoms with van der Waals surface area (Å²) in [6.07, 6.45) is 4.35. The zero-order valence-electron chi connectivity index (χ0n) is 20.0. The summed E-state index contributed by atoms with van der Waals surface area (Å²) in [5, 5.41) is 0.652. The van der Waals surface area contributed by atoms with Gasteiger partial charge in [0, 0.05) is 43.0 Å². The summed E-state index contributed by atoms with van der Waals surface area (Å²) in [6.45, 7) is 4.12. The smallest absolute Gasteiger partial charge is 0.245 e. The molecule has 0 bridgehead atoms. The number of amides is 1. The van der Waals surface area contributed by atoms with E-state index in [0.717, 1.165) is 44.0 Å². The maximum atomic E-state index is 14.3. The zero-order chi connectivity index (χ0) is 25.1. The highest BCUT2D eigenvalue weighted by Crippen LogP contribution is 2.39. The van der Waals surface area contributed by atoms with Gasteiger partial charge in [0.25, 0.3) is 0 Å². The molecule has 2 aliphatic rings. The lowest BCUT2D eigenvalue weighted by atomic mass is 9.76. The van der Waals surface area contributed by atoms with Crippen LogP contribution < -0.4 is 4.74 Å². The second kappa shape index (κ2) is 10.8. The van der Waals surface area contributed by atoms with Gasteiger partial charge in [-0.25, -0.2) is 12.8 Å². The Labute approximate surface area is 212 Å². The Balaban J connectivity index is 1.51. The standard InChI is InChI=1S/C26H32ClFN2O4S/c1-20-17-21(9-10-22(20)27)34-19-26(18-25(31)29-13-5-2-6-14-29)11-15-30(16-12-26)35(32,33)24-8-4-3-7-23(24)28/h3-4,7-10,17H,2,5-6,11-16,18-19H2,1H3. The molecule has 2 aromatic carbocycles. The van der Waals surface area contributed by atoms with Crippen LogP contribution in [0.15, 0.2) is 47.4 Å². The molecule has 2 aliphatic heterocycles. The van der Waals surface area contributed by atoms with Crippen LogP contribution in [0, 0.1) is 18.2 Å². The summed E-state index contributed by atoms with van der Waals surface area (Å²) in [5.41, 5.74) is 0.386. The number of carbonyl (C=O) groups excluding carboxylic acids is 1. The summed E-state index contributed by atoms with van der Waals surface area (Å²) in [7, 11) is -3.96. The molecule has 190 valence electrons. The topological polar surface area (TPSA) is 66.9 Å². The zero-order valence-corrected chi connectivity index (χ0v) is 21.6. The molecule has 0 atom stereocenters. The summed E-state index contributed by atoms with van der Waals surface area (Å²) in [4.78, 5) is 14.8. The first kappa shape index (κ1) is 25.9. The summed E-state index contributed by atoms with van der Waals surface area (Å²) < 4.78 is 47.9. The number of halogens is 2. The number of piperidine rings is 2. The van der Waals surface area contributed by atoms with Gasteiger partial charge in [0.2, 0.25) is 15.9 Å². The van der Waals surface area contributed by atoms with E-state index in [4.69, 9.17) is 16.3 Å². The highest BCUT2D eigenvalue weighted by molar-refractivity contribution is 7.89. The van der Waals surface area contributed by atoms with Gasteiger partial charge in [0.05, 0.1) is 6.61 Å². The Bertz CT molecular complexity index is 1160. The molecule has 0 aromatic heterocycles. The van der Waals surface area contributed by atoms with Crippen molar-refractivity contribution in [2.24, 2.45) is 5.41 Å². The van der Waals surface area contributed by atoms with Crippen molar-refractivity contribution >= 4 is 27.5 Å². The van der Waals surface area contributed by atoms with Gasteiger partial charge in [-0.15, -0.1) is 0 Å². The molecule has 0 spiro atoms. The lowest BCUT2D eigenvalue weighted by Crippen LogP contribution is -2.48. The third-order valence-corrected chi connectivity index (χ3v) is 9.50. The molecular weight excluding hydrogens is 491 g/mol. The molecule has 0 N–H and O–H groups in total. The Hall–Kier alpha value is -2.16. The predicted molar refractivity (Wildman–Crippen MR) is 134 cm³/mol. The average Bonchev–Trinajstić information content (AvgIpc) is 2.86. The maximum absolute atomic E-state index is 14.3. The van der Waals surface area contributed by atoms with Gasteiger partial charge < -0.3 is 9.64 Å². The van der Waals surface area contributed by atoms with Crippen molar-refractivity contribution < 1.29 is 22.3 Å². The highest BCUT2D eigenvalue weighted by Gasteiger charge is 2.42. The van der Waals surface area contributed by atoms with E-state index in [2.05, 4.69) is 0 Å². The first-order valence-corrected chi connectivity index (χ1v) is 13.9. The molecule has 0 saturated carbocycles. The third-order valence-electron chi connectivity index (χ3n) is 7.15. The first-order valence-electron chi connectivity index (χ1n) is 12.1. The van der Waals surface area contributed by atoms with Crippen LogP contribution in [0.3, 0.4) is 0 Å². The predicted octanol–water partition coefficient (Wildman–Crippen LogP) is 5.04. The maximum Gasteiger partial charge on any atom is 0.245 e. The van der Waals surface area contributed by atoms with Crippen LogP contribution in [0.5, 0.6) is 5.75 Å². The Morgan fingerprint density at radius 2 is 1.74 bits per heavy atom. The Morgan fingerprint density at radius 3 is 2.40 bits per heavy atom. The summed E-state index contributed by atoms with van der Waals surface area (Å²) >= 11 is 6.14. The fourth-order valence-corrected chi connectivity index (χ4v) is 6.51. The molecule has 2 heterocycles. The number of benzene rings is 2. The average molecular weight is 523 g/mol. The van der Waals surface area contributed by atoms with Crippen LogP contribution >= 0.6 is 11.6 Å². The molecule has 35 heavy (non-hydrogen) atoms. The van der Waals surface area contributed by atoms with Crippen molar-refractivity contribution in [1.29, 1.82) is 0 Å². The third kappa shape index (κ3) is 5.98. The lowest BCUT2D eigenvalue weighted by molar-refractivity contribution is -0.136. The molecule has 2 aromatic rings. The van der Waals surface area contributed by atoms with Crippen LogP contribution in [0.4, 0.5) is 4.39 Å². The van der Waals surface area contributed by atoms with Gasteiger partial charge in [0.1, 0.15) is 16.5 Å². The normalized spacial score (nSPS) is 18.9. The lowest BCUT2D eigenvalue weighted by Gasteiger charge is -2.42. The van der Waals surface area contributed by atoms with Crippen molar-refractivity contribution in [3.8, 4) is 5.75 Å². The van der Waals surface area contributed by atoms with E-state index in [0.29, 0.717) is 36.6 Å². The van der Waals surface area contributed by atoms with Crippen LogP contribution in [0.1, 0.15) is 44.1 Å². The van der Waals surface area contributed by atoms with Gasteiger partial charge >= 0.3 is 0 Å². The number of hydrogen-bond donors (Lipinski definition) is 0. The van der Waals surface area contributed by atoms with Crippen molar-refractivity contribution in [2.75, 3.05) is 32.8 Å². The molecular formula is C26H32ClFN2O4S. The monoisotopic (exact) mass is 522 g/mol. The number of ether oxygens (including phenoxy) is 1. The minimum absolute atomic E-state index is 0.0889. The summed E-state index contributed by atoms with van der Waals surface area (Å²) in [6, 6.07) is 10.9. The van der Waals surface area contributed by atoms with E-state index < -0.39 is 21.3 Å². The first-order chi connectivity index (χ1) is 16.7. The second-order valence-electron chi connectivity index (χ2n) is 9.65. The van der Waals surface area contributed by atoms with Crippen LogP contribution in [0.25, 0.3) is 0 Å². The molecule has 0 radical (unpaired) electrons. The van der Waals surface area contributed by atoms with E-state index in [1.165, 1.54) is 22.5 Å². The van der Waals surface area contributed by atoms with E-state index in [1.807, 2.05) is 17.9 Å². The number of aryl methyl sites for hydroxylation is 1. The van der Waals surface area contributed by atoms with Crippen molar-refractivity contribution in [2.45, 2.75) is 50.3 Å². The molecule has 2 fully saturated rings. The van der Waals surface area contributed by atoms with Crippen molar-refractivity contribution in [3.05, 3.63) is 58.9 Å². The van der Waals surface area contributed by atoms with Crippen LogP contribution in [-0.2, 0) is 14.8 Å². The Kier molecular flexibility index (Phi) is 8.03. The fraction of sp³-hybridized carbons (Fsp3) is 0.500. The van der Waals surface area contributed by atoms with E-state index in [-0.39, 0.29) is 23.9 Å². The van der Waals surface area contributed by atoms with Crippen LogP contribution in [-0.4, -0.2) is 56.3 Å². The molecule has 1 amide bonds. The number of sulfonamides is 1. The van der Waals surface area contributed by atoms with Gasteiger partial charge in [0.15, 0.2) is 0 Å². The fourth-order valence-electron chi connectivity index (χ4n) is 4.89. The quantitative estimate of drug-likeness (QED) is 0.511. The van der Waals surface area contributed by atoms with Gasteiger partial charge in [-0.05, 0) is 74.9 Å². The number of carbonyl (C=O) groups is 1. The molecule has 6 nitrogen and oxygen atoms in total. The molecule has 0 unspecified atom stereocenters. The molecule has 2 saturated heterocycles. The highest BCUT2D eigenvalue weighted by atomic mass is 35.5. The number of nitrogens with zero attached hydrogens (tertiary/aromatic N) is 2. The van der Waals surface area contributed by atoms with Gasteiger partial charge in [-0.3, -0.25) is 4.79 Å². The molecule has 9 heteroatoms. The number of likely N-dealkylation sites (tertiary alicyclic amines) is 1. The van der Waals surface area contributed by atoms with Gasteiger partial charge in [-0.1, -0.05) is 23.7 Å². The molecule has 4 rings (SSSR count). The minimum atomic E-state index is -3.96. The van der Waals surface area contributed by atoms with Crippen molar-refractivity contribution in [3.63, 3.8) is 0 Å². The summed E-state index contributed by atoms with van der Waals surface area (Å²) in [5.74, 6) is -0.00448. The van der Waals surface area contributed by atoms with E-state index in [9.17, 15) is 17.6 Å². The minimum Gasteiger partial charge on any atom is -0.493 e. The SMILES string of the molecule is Cc1cc(OCC2(CC(=O)N3CCCCC3)CCN(S(=O)(=O)c3ccccc3F)CC2)ccc1Cl. The van der Waals surface area contributed by atoms with Crippen LogP contribution in [0.2, 0.25) is 5.02 Å². The Morgan fingerprint density at radius 1 is 1.06 bits per heavy atom. The number of hydrogen-bond acceptors (Lipinski definition) is 4. The molecule has 0 aliphatic carbocycles. The second-order valence-corrected chi connectivity index (χ2v) is 12.0. The number of rotatable bonds is 7.